The van der Waals surface area contributed by atoms with Crippen LogP contribution in [0.25, 0.3) is 0 Å². The number of para-hydroxylation sites is 1. The molecule has 0 fully saturated rings. The van der Waals surface area contributed by atoms with Crippen LogP contribution in [0.1, 0.15) is 22.7 Å². The number of furan rings is 1. The van der Waals surface area contributed by atoms with Crippen LogP contribution in [-0.4, -0.2) is 40.7 Å². The molecule has 29 heavy (non-hydrogen) atoms. The molecule has 0 aliphatic carbocycles. The lowest BCUT2D eigenvalue weighted by Gasteiger charge is -2.22. The molecule has 0 bridgehead atoms. The van der Waals surface area contributed by atoms with Crippen molar-refractivity contribution in [3.63, 3.8) is 0 Å². The first-order valence-corrected chi connectivity index (χ1v) is 8.90. The maximum Gasteiger partial charge on any atom is 0.374 e. The normalized spacial score (nSPS) is 10.5. The Hall–Kier alpha value is -3.88. The monoisotopic (exact) mass is 396 g/mol. The Kier molecular flexibility index (Phi) is 6.41. The number of anilines is 1. The van der Waals surface area contributed by atoms with Crippen LogP contribution in [0.4, 0.5) is 5.69 Å². The summed E-state index contributed by atoms with van der Waals surface area (Å²) in [6.07, 6.45) is 3.40. The summed E-state index contributed by atoms with van der Waals surface area (Å²) >= 11 is 0. The van der Waals surface area contributed by atoms with Crippen LogP contribution in [0.5, 0.6) is 0 Å². The summed E-state index contributed by atoms with van der Waals surface area (Å²) in [4.78, 5) is 37.2. The lowest BCUT2D eigenvalue weighted by Crippen LogP contribution is -2.37. The Labute approximate surface area is 166 Å². The molecule has 0 radical (unpaired) electrons. The van der Waals surface area contributed by atoms with Gasteiger partial charge in [-0.25, -0.2) is 4.79 Å². The molecule has 2 amide bonds. The number of benzene rings is 1. The zero-order chi connectivity index (χ0) is 20.6. The minimum absolute atomic E-state index is 0.0104. The van der Waals surface area contributed by atoms with Crippen molar-refractivity contribution in [3.05, 3.63) is 72.4 Å². The summed E-state index contributed by atoms with van der Waals surface area (Å²) in [6.45, 7) is -0.0414. The summed E-state index contributed by atoms with van der Waals surface area (Å²) in [5.41, 5.74) is 5.77. The average molecular weight is 396 g/mol. The third-order valence-electron chi connectivity index (χ3n) is 4.02. The summed E-state index contributed by atoms with van der Waals surface area (Å²) < 4.78 is 12.2. The number of rotatable bonds is 9. The average Bonchev–Trinajstić information content (AvgIpc) is 3.39. The van der Waals surface area contributed by atoms with Crippen molar-refractivity contribution < 1.29 is 23.5 Å². The minimum Gasteiger partial charge on any atom is -0.452 e. The molecule has 0 unspecified atom stereocenters. The van der Waals surface area contributed by atoms with E-state index in [1.165, 1.54) is 11.0 Å². The minimum atomic E-state index is -0.757. The quantitative estimate of drug-likeness (QED) is 0.548. The maximum absolute atomic E-state index is 12.6. The Morgan fingerprint density at radius 2 is 1.90 bits per heavy atom. The van der Waals surface area contributed by atoms with E-state index in [1.807, 2.05) is 0 Å². The molecule has 150 valence electrons. The number of nitrogens with zero attached hydrogens (tertiary/aromatic N) is 3. The number of carbonyl (C=O) groups is 3. The van der Waals surface area contributed by atoms with Gasteiger partial charge in [0.1, 0.15) is 5.76 Å². The fourth-order valence-corrected chi connectivity index (χ4v) is 2.63. The van der Waals surface area contributed by atoms with Crippen molar-refractivity contribution in [1.82, 2.24) is 9.78 Å². The molecule has 0 saturated heterocycles. The number of aromatic nitrogens is 2. The Morgan fingerprint density at radius 3 is 2.59 bits per heavy atom. The van der Waals surface area contributed by atoms with Gasteiger partial charge in [-0.15, -0.1) is 0 Å². The standard InChI is InChI=1S/C20H20N4O5/c21-18(25)9-12-24(15-5-2-1-3-6-15)19(26)14-28-20(27)17-8-7-16(29-17)13-23-11-4-10-22-23/h1-8,10-11H,9,12-14H2,(H2,21,25). The van der Waals surface area contributed by atoms with E-state index in [0.29, 0.717) is 18.0 Å². The van der Waals surface area contributed by atoms with Gasteiger partial charge >= 0.3 is 5.97 Å². The number of ether oxygens (including phenoxy) is 1. The second-order valence-electron chi connectivity index (χ2n) is 6.14. The lowest BCUT2D eigenvalue weighted by molar-refractivity contribution is -0.122. The van der Waals surface area contributed by atoms with Crippen molar-refractivity contribution in [3.8, 4) is 0 Å². The van der Waals surface area contributed by atoms with Gasteiger partial charge in [0.2, 0.25) is 11.7 Å². The molecular weight excluding hydrogens is 376 g/mol. The Morgan fingerprint density at radius 1 is 1.10 bits per heavy atom. The fraction of sp³-hybridized carbons (Fsp3) is 0.200. The zero-order valence-corrected chi connectivity index (χ0v) is 15.6. The van der Waals surface area contributed by atoms with Crippen LogP contribution in [0.3, 0.4) is 0 Å². The van der Waals surface area contributed by atoms with E-state index in [9.17, 15) is 14.4 Å². The first-order chi connectivity index (χ1) is 14.0. The molecule has 1 aromatic carbocycles. The second-order valence-corrected chi connectivity index (χ2v) is 6.14. The zero-order valence-electron chi connectivity index (χ0n) is 15.6. The lowest BCUT2D eigenvalue weighted by atomic mass is 10.2. The van der Waals surface area contributed by atoms with E-state index < -0.39 is 24.4 Å². The maximum atomic E-state index is 12.6. The topological polar surface area (TPSA) is 121 Å². The van der Waals surface area contributed by atoms with E-state index in [0.717, 1.165) is 0 Å². The van der Waals surface area contributed by atoms with Crippen molar-refractivity contribution >= 4 is 23.5 Å². The molecule has 9 heteroatoms. The fourth-order valence-electron chi connectivity index (χ4n) is 2.63. The molecule has 3 rings (SSSR count). The first-order valence-electron chi connectivity index (χ1n) is 8.90. The summed E-state index contributed by atoms with van der Waals surface area (Å²) in [6, 6.07) is 13.7. The highest BCUT2D eigenvalue weighted by molar-refractivity contribution is 5.97. The highest BCUT2D eigenvalue weighted by Crippen LogP contribution is 2.15. The number of hydrogen-bond donors (Lipinski definition) is 1. The van der Waals surface area contributed by atoms with E-state index in [-0.39, 0.29) is 18.7 Å². The number of esters is 1. The number of nitrogens with two attached hydrogens (primary N) is 1. The van der Waals surface area contributed by atoms with E-state index in [4.69, 9.17) is 14.9 Å². The molecule has 2 N–H and O–H groups in total. The molecule has 0 aliphatic heterocycles. The number of amides is 2. The van der Waals surface area contributed by atoms with Crippen molar-refractivity contribution in [2.75, 3.05) is 18.1 Å². The first kappa shape index (κ1) is 19.9. The highest BCUT2D eigenvalue weighted by Gasteiger charge is 2.20. The highest BCUT2D eigenvalue weighted by atomic mass is 16.5. The van der Waals surface area contributed by atoms with Gasteiger partial charge in [0.05, 0.1) is 6.54 Å². The van der Waals surface area contributed by atoms with Crippen LogP contribution >= 0.6 is 0 Å². The van der Waals surface area contributed by atoms with Crippen molar-refractivity contribution in [1.29, 1.82) is 0 Å². The number of hydrogen-bond acceptors (Lipinski definition) is 6. The van der Waals surface area contributed by atoms with Crippen molar-refractivity contribution in [2.45, 2.75) is 13.0 Å². The van der Waals surface area contributed by atoms with Gasteiger partial charge < -0.3 is 19.8 Å². The molecule has 2 heterocycles. The van der Waals surface area contributed by atoms with Crippen LogP contribution in [-0.2, 0) is 20.9 Å². The van der Waals surface area contributed by atoms with Gasteiger partial charge in [0.25, 0.3) is 5.91 Å². The second kappa shape index (κ2) is 9.36. The molecule has 0 saturated carbocycles. The van der Waals surface area contributed by atoms with Gasteiger partial charge in [-0.2, -0.15) is 5.10 Å². The summed E-state index contributed by atoms with van der Waals surface area (Å²) in [5, 5.41) is 4.06. The van der Waals surface area contributed by atoms with E-state index >= 15 is 0 Å². The predicted octanol–water partition coefficient (Wildman–Crippen LogP) is 1.59. The summed E-state index contributed by atoms with van der Waals surface area (Å²) in [5.74, 6) is -1.25. The molecular formula is C20H20N4O5. The predicted molar refractivity (Wildman–Crippen MR) is 103 cm³/mol. The SMILES string of the molecule is NC(=O)CCN(C(=O)COC(=O)c1ccc(Cn2cccn2)o1)c1ccccc1. The van der Waals surface area contributed by atoms with Crippen molar-refractivity contribution in [2.24, 2.45) is 5.73 Å². The van der Waals surface area contributed by atoms with E-state index in [2.05, 4.69) is 5.10 Å². The third-order valence-corrected chi connectivity index (χ3v) is 4.02. The molecule has 3 aromatic rings. The largest absolute Gasteiger partial charge is 0.452 e. The third kappa shape index (κ3) is 5.55. The Bertz CT molecular complexity index is 966. The van der Waals surface area contributed by atoms with Crippen LogP contribution < -0.4 is 10.6 Å². The van der Waals surface area contributed by atoms with Gasteiger partial charge in [-0.3, -0.25) is 14.3 Å². The van der Waals surface area contributed by atoms with Gasteiger partial charge in [-0.1, -0.05) is 18.2 Å². The van der Waals surface area contributed by atoms with Gasteiger partial charge in [0, 0.05) is 31.0 Å². The molecule has 0 aliphatic rings. The van der Waals surface area contributed by atoms with Gasteiger partial charge in [0.15, 0.2) is 6.61 Å². The molecule has 2 aromatic heterocycles. The van der Waals surface area contributed by atoms with E-state index in [1.54, 1.807) is 59.5 Å². The van der Waals surface area contributed by atoms with Crippen LogP contribution in [0.15, 0.2) is 65.3 Å². The smallest absolute Gasteiger partial charge is 0.374 e. The Balaban J connectivity index is 1.59. The number of carbonyl (C=O) groups excluding carboxylic acids is 3. The molecule has 0 spiro atoms. The van der Waals surface area contributed by atoms with Crippen LogP contribution in [0, 0.1) is 0 Å². The molecule has 0 atom stereocenters. The molecule has 9 nitrogen and oxygen atoms in total. The van der Waals surface area contributed by atoms with Gasteiger partial charge in [-0.05, 0) is 30.3 Å². The summed E-state index contributed by atoms with van der Waals surface area (Å²) in [7, 11) is 0. The number of primary amides is 1. The van der Waals surface area contributed by atoms with Crippen LogP contribution in [0.2, 0.25) is 0 Å².